The van der Waals surface area contributed by atoms with Crippen LogP contribution in [0, 0.1) is 11.7 Å². The zero-order valence-corrected chi connectivity index (χ0v) is 15.2. The Morgan fingerprint density at radius 1 is 1.12 bits per heavy atom. The number of hydrogen-bond donors (Lipinski definition) is 1. The fourth-order valence-corrected chi connectivity index (χ4v) is 2.49. The van der Waals surface area contributed by atoms with E-state index in [2.05, 4.69) is 0 Å². The van der Waals surface area contributed by atoms with Crippen LogP contribution in [0.3, 0.4) is 0 Å². The van der Waals surface area contributed by atoms with Crippen molar-refractivity contribution in [3.05, 3.63) is 53.8 Å². The molecule has 0 amide bonds. The molecular weight excluding hydrogens is 335 g/mol. The summed E-state index contributed by atoms with van der Waals surface area (Å²) in [6.07, 6.45) is 1.08. The molecule has 5 heteroatoms. The molecule has 26 heavy (non-hydrogen) atoms. The zero-order valence-electron chi connectivity index (χ0n) is 15.2. The predicted octanol–water partition coefficient (Wildman–Crippen LogP) is 5.02. The molecule has 0 aliphatic carbocycles. The fourth-order valence-electron chi connectivity index (χ4n) is 2.49. The number of aliphatic carboxylic acids is 1. The Morgan fingerprint density at radius 2 is 1.85 bits per heavy atom. The lowest BCUT2D eigenvalue weighted by Crippen LogP contribution is -2.09. The summed E-state index contributed by atoms with van der Waals surface area (Å²) in [5, 5.41) is 9.04. The average Bonchev–Trinajstić information content (AvgIpc) is 2.59. The Balaban J connectivity index is 2.19. The number of carboxylic acids is 1. The van der Waals surface area contributed by atoms with Crippen molar-refractivity contribution in [3.8, 4) is 16.9 Å². The van der Waals surface area contributed by atoms with E-state index in [1.54, 1.807) is 36.4 Å². The molecule has 0 spiro atoms. The molecule has 0 fully saturated rings. The van der Waals surface area contributed by atoms with Gasteiger partial charge in [0.25, 0.3) is 0 Å². The van der Waals surface area contributed by atoms with Gasteiger partial charge in [0.2, 0.25) is 0 Å². The van der Waals surface area contributed by atoms with E-state index in [0.29, 0.717) is 34.8 Å². The van der Waals surface area contributed by atoms with Crippen LogP contribution in [-0.2, 0) is 9.59 Å². The first-order valence-electron chi connectivity index (χ1n) is 8.61. The standard InChI is InChI=1S/C21H23FO4/c1-13(2)7-10-20(23)26-17-6-4-5-16(11-17)18-9-8-15(12-19(18)22)14(3)21(24)25/h4-6,8-9,11-14H,7,10H2,1-3H3,(H,24,25). The van der Waals surface area contributed by atoms with Crippen LogP contribution in [0.2, 0.25) is 0 Å². The van der Waals surface area contributed by atoms with Gasteiger partial charge in [-0.15, -0.1) is 0 Å². The molecule has 138 valence electrons. The SMILES string of the molecule is CC(C)CCC(=O)Oc1cccc(-c2ccc(C(C)C(=O)O)cc2F)c1. The highest BCUT2D eigenvalue weighted by molar-refractivity contribution is 5.76. The van der Waals surface area contributed by atoms with Crippen LogP contribution in [-0.4, -0.2) is 17.0 Å². The summed E-state index contributed by atoms with van der Waals surface area (Å²) in [5.41, 5.74) is 1.28. The van der Waals surface area contributed by atoms with Crippen molar-refractivity contribution in [2.45, 2.75) is 39.5 Å². The van der Waals surface area contributed by atoms with Gasteiger partial charge in [-0.1, -0.05) is 38.1 Å². The van der Waals surface area contributed by atoms with Crippen molar-refractivity contribution >= 4 is 11.9 Å². The molecule has 4 nitrogen and oxygen atoms in total. The third-order valence-corrected chi connectivity index (χ3v) is 4.17. The molecule has 2 aromatic rings. The summed E-state index contributed by atoms with van der Waals surface area (Å²) >= 11 is 0. The Labute approximate surface area is 152 Å². The summed E-state index contributed by atoms with van der Waals surface area (Å²) in [7, 11) is 0. The summed E-state index contributed by atoms with van der Waals surface area (Å²) < 4.78 is 19.8. The predicted molar refractivity (Wildman–Crippen MR) is 97.6 cm³/mol. The number of esters is 1. The summed E-state index contributed by atoms with van der Waals surface area (Å²) in [5.74, 6) is -1.85. The van der Waals surface area contributed by atoms with Gasteiger partial charge in [0.15, 0.2) is 0 Å². The molecule has 0 aromatic heterocycles. The van der Waals surface area contributed by atoms with Gasteiger partial charge < -0.3 is 9.84 Å². The largest absolute Gasteiger partial charge is 0.481 e. The maximum absolute atomic E-state index is 14.5. The van der Waals surface area contributed by atoms with Gasteiger partial charge in [0.1, 0.15) is 11.6 Å². The number of halogens is 1. The third kappa shape index (κ3) is 5.15. The first-order chi connectivity index (χ1) is 12.3. The average molecular weight is 358 g/mol. The third-order valence-electron chi connectivity index (χ3n) is 4.17. The molecule has 0 aliphatic rings. The number of carbonyl (C=O) groups excluding carboxylic acids is 1. The lowest BCUT2D eigenvalue weighted by atomic mass is 9.97. The van der Waals surface area contributed by atoms with Crippen molar-refractivity contribution in [1.29, 1.82) is 0 Å². The molecular formula is C21H23FO4. The zero-order chi connectivity index (χ0) is 19.3. The lowest BCUT2D eigenvalue weighted by Gasteiger charge is -2.11. The normalized spacial score (nSPS) is 12.0. The molecule has 0 radical (unpaired) electrons. The van der Waals surface area contributed by atoms with Crippen molar-refractivity contribution in [3.63, 3.8) is 0 Å². The maximum Gasteiger partial charge on any atom is 0.311 e. The van der Waals surface area contributed by atoms with Crippen molar-refractivity contribution in [2.24, 2.45) is 5.92 Å². The van der Waals surface area contributed by atoms with Gasteiger partial charge in [-0.05, 0) is 48.6 Å². The van der Waals surface area contributed by atoms with Crippen LogP contribution >= 0.6 is 0 Å². The summed E-state index contributed by atoms with van der Waals surface area (Å²) in [6.45, 7) is 5.57. The topological polar surface area (TPSA) is 63.6 Å². The van der Waals surface area contributed by atoms with Crippen LogP contribution in [0.5, 0.6) is 5.75 Å². The minimum atomic E-state index is -1.01. The van der Waals surface area contributed by atoms with Crippen molar-refractivity contribution in [2.75, 3.05) is 0 Å². The van der Waals surface area contributed by atoms with Gasteiger partial charge in [0, 0.05) is 12.0 Å². The van der Waals surface area contributed by atoms with Crippen molar-refractivity contribution in [1.82, 2.24) is 0 Å². The highest BCUT2D eigenvalue weighted by Gasteiger charge is 2.16. The van der Waals surface area contributed by atoms with Crippen LogP contribution in [0.4, 0.5) is 4.39 Å². The smallest absolute Gasteiger partial charge is 0.311 e. The Hall–Kier alpha value is -2.69. The van der Waals surface area contributed by atoms with Crippen LogP contribution < -0.4 is 4.74 Å². The molecule has 2 rings (SSSR count). The van der Waals surface area contributed by atoms with Crippen LogP contribution in [0.1, 0.15) is 45.1 Å². The van der Waals surface area contributed by atoms with E-state index >= 15 is 0 Å². The second-order valence-corrected chi connectivity index (χ2v) is 6.73. The molecule has 1 unspecified atom stereocenters. The number of hydrogen-bond acceptors (Lipinski definition) is 3. The van der Waals surface area contributed by atoms with E-state index in [4.69, 9.17) is 9.84 Å². The first-order valence-corrected chi connectivity index (χ1v) is 8.61. The highest BCUT2D eigenvalue weighted by atomic mass is 19.1. The Bertz CT molecular complexity index is 798. The molecule has 0 aliphatic heterocycles. The minimum Gasteiger partial charge on any atom is -0.481 e. The molecule has 0 bridgehead atoms. The van der Waals surface area contributed by atoms with E-state index in [1.807, 2.05) is 13.8 Å². The molecule has 0 heterocycles. The first kappa shape index (κ1) is 19.6. The number of carboxylic acid groups (broad SMARTS) is 1. The second kappa shape index (κ2) is 8.61. The molecule has 1 atom stereocenters. The second-order valence-electron chi connectivity index (χ2n) is 6.73. The van der Waals surface area contributed by atoms with E-state index in [9.17, 15) is 14.0 Å². The van der Waals surface area contributed by atoms with E-state index < -0.39 is 17.7 Å². The number of carbonyl (C=O) groups is 2. The van der Waals surface area contributed by atoms with Crippen LogP contribution in [0.15, 0.2) is 42.5 Å². The number of ether oxygens (including phenoxy) is 1. The van der Waals surface area contributed by atoms with E-state index in [0.717, 1.165) is 6.42 Å². The number of benzene rings is 2. The van der Waals surface area contributed by atoms with Crippen molar-refractivity contribution < 1.29 is 23.8 Å². The van der Waals surface area contributed by atoms with Gasteiger partial charge in [0.05, 0.1) is 5.92 Å². The van der Waals surface area contributed by atoms with E-state index in [-0.39, 0.29) is 5.97 Å². The maximum atomic E-state index is 14.5. The fraction of sp³-hybridized carbons (Fsp3) is 0.333. The lowest BCUT2D eigenvalue weighted by molar-refractivity contribution is -0.138. The quantitative estimate of drug-likeness (QED) is 0.557. The monoisotopic (exact) mass is 358 g/mol. The highest BCUT2D eigenvalue weighted by Crippen LogP contribution is 2.29. The van der Waals surface area contributed by atoms with Gasteiger partial charge in [-0.25, -0.2) is 4.39 Å². The summed E-state index contributed by atoms with van der Waals surface area (Å²) in [6, 6.07) is 11.0. The summed E-state index contributed by atoms with van der Waals surface area (Å²) in [4.78, 5) is 22.9. The van der Waals surface area contributed by atoms with Gasteiger partial charge in [-0.3, -0.25) is 9.59 Å². The van der Waals surface area contributed by atoms with Gasteiger partial charge >= 0.3 is 11.9 Å². The molecule has 0 saturated heterocycles. The molecule has 2 aromatic carbocycles. The van der Waals surface area contributed by atoms with E-state index in [1.165, 1.54) is 13.0 Å². The molecule has 1 N–H and O–H groups in total. The van der Waals surface area contributed by atoms with Crippen LogP contribution in [0.25, 0.3) is 11.1 Å². The number of rotatable bonds is 7. The Kier molecular flexibility index (Phi) is 6.50. The Morgan fingerprint density at radius 3 is 2.46 bits per heavy atom. The van der Waals surface area contributed by atoms with Gasteiger partial charge in [-0.2, -0.15) is 0 Å². The minimum absolute atomic E-state index is 0.318. The molecule has 0 saturated carbocycles.